The van der Waals surface area contributed by atoms with Gasteiger partial charge < -0.3 is 0 Å². The smallest absolute Gasteiger partial charge is 0.126 e. The van der Waals surface area contributed by atoms with Gasteiger partial charge >= 0.3 is 0 Å². The Hall–Kier alpha value is -1.22. The molecule has 2 rings (SSSR count). The summed E-state index contributed by atoms with van der Waals surface area (Å²) >= 11 is 3.65. The van der Waals surface area contributed by atoms with E-state index in [-0.39, 0.29) is 10.6 Å². The zero-order valence-corrected chi connectivity index (χ0v) is 12.0. The largest absolute Gasteiger partial charge is 0.261 e. The fraction of sp³-hybridized carbons (Fsp3) is 0.267. The highest BCUT2D eigenvalue weighted by Crippen LogP contribution is 2.28. The molecule has 1 nitrogen and oxygen atoms in total. The topological polar surface area (TPSA) is 12.9 Å². The van der Waals surface area contributed by atoms with Crippen LogP contribution < -0.4 is 0 Å². The van der Waals surface area contributed by atoms with Crippen LogP contribution in [0.3, 0.4) is 0 Å². The molecule has 1 unspecified atom stereocenters. The fourth-order valence-corrected chi connectivity index (χ4v) is 2.47. The number of hydrogen-bond acceptors (Lipinski definition) is 1. The van der Waals surface area contributed by atoms with Crippen molar-refractivity contribution in [2.24, 2.45) is 0 Å². The van der Waals surface area contributed by atoms with Crippen molar-refractivity contribution in [3.8, 4) is 0 Å². The maximum atomic E-state index is 13.2. The summed E-state index contributed by atoms with van der Waals surface area (Å²) in [6.45, 7) is 3.84. The average Bonchev–Trinajstić information content (AvgIpc) is 2.35. The summed E-state index contributed by atoms with van der Waals surface area (Å²) in [6.07, 6.45) is 2.61. The Balaban J connectivity index is 2.19. The summed E-state index contributed by atoms with van der Waals surface area (Å²) in [7, 11) is 0. The standard InChI is InChI=1S/C15H15BrFN/c1-10-4-3-7-18-15(10)9-13(16)12-5-6-14(17)11(2)8-12/h3-8,13H,9H2,1-2H3. The van der Waals surface area contributed by atoms with E-state index in [2.05, 4.69) is 33.9 Å². The molecule has 1 atom stereocenters. The van der Waals surface area contributed by atoms with Crippen molar-refractivity contribution in [1.29, 1.82) is 0 Å². The summed E-state index contributed by atoms with van der Waals surface area (Å²) in [5, 5.41) is 0. The summed E-state index contributed by atoms with van der Waals surface area (Å²) < 4.78 is 13.2. The van der Waals surface area contributed by atoms with Gasteiger partial charge in [-0.05, 0) is 42.7 Å². The first-order chi connectivity index (χ1) is 8.58. The number of aryl methyl sites for hydroxylation is 2. The lowest BCUT2D eigenvalue weighted by atomic mass is 10.0. The van der Waals surface area contributed by atoms with E-state index in [4.69, 9.17) is 0 Å². The van der Waals surface area contributed by atoms with Crippen LogP contribution in [0.25, 0.3) is 0 Å². The minimum absolute atomic E-state index is 0.158. The van der Waals surface area contributed by atoms with Gasteiger partial charge in [-0.2, -0.15) is 0 Å². The van der Waals surface area contributed by atoms with Gasteiger partial charge in [0.2, 0.25) is 0 Å². The molecule has 0 N–H and O–H groups in total. The van der Waals surface area contributed by atoms with Gasteiger partial charge in [0.1, 0.15) is 5.82 Å². The number of benzene rings is 1. The van der Waals surface area contributed by atoms with E-state index in [9.17, 15) is 4.39 Å². The molecule has 0 radical (unpaired) electrons. The van der Waals surface area contributed by atoms with Crippen LogP contribution in [0, 0.1) is 19.7 Å². The van der Waals surface area contributed by atoms with Crippen LogP contribution in [-0.2, 0) is 6.42 Å². The molecule has 1 aromatic heterocycles. The number of hydrogen-bond donors (Lipinski definition) is 0. The van der Waals surface area contributed by atoms with E-state index in [0.717, 1.165) is 17.7 Å². The Morgan fingerprint density at radius 1 is 1.22 bits per heavy atom. The zero-order chi connectivity index (χ0) is 13.1. The second-order valence-electron chi connectivity index (χ2n) is 4.45. The molecule has 0 aliphatic rings. The Kier molecular flexibility index (Phi) is 4.12. The third-order valence-electron chi connectivity index (χ3n) is 3.03. The van der Waals surface area contributed by atoms with Crippen molar-refractivity contribution in [3.05, 3.63) is 64.7 Å². The lowest BCUT2D eigenvalue weighted by Gasteiger charge is -2.12. The highest BCUT2D eigenvalue weighted by molar-refractivity contribution is 9.09. The van der Waals surface area contributed by atoms with Gasteiger partial charge in [-0.3, -0.25) is 4.98 Å². The third kappa shape index (κ3) is 2.96. The van der Waals surface area contributed by atoms with Gasteiger partial charge in [-0.25, -0.2) is 4.39 Å². The van der Waals surface area contributed by atoms with Crippen LogP contribution >= 0.6 is 15.9 Å². The summed E-state index contributed by atoms with van der Waals surface area (Å²) in [4.78, 5) is 4.54. The maximum absolute atomic E-state index is 13.2. The number of halogens is 2. The van der Waals surface area contributed by atoms with E-state index < -0.39 is 0 Å². The van der Waals surface area contributed by atoms with E-state index in [1.54, 1.807) is 13.1 Å². The van der Waals surface area contributed by atoms with Crippen LogP contribution in [-0.4, -0.2) is 4.98 Å². The van der Waals surface area contributed by atoms with Gasteiger partial charge in [0, 0.05) is 23.1 Å². The number of alkyl halides is 1. The van der Waals surface area contributed by atoms with Gasteiger partial charge in [0.05, 0.1) is 0 Å². The van der Waals surface area contributed by atoms with Gasteiger partial charge in [0.15, 0.2) is 0 Å². The molecule has 0 spiro atoms. The SMILES string of the molecule is Cc1cc(C(Br)Cc2ncccc2C)ccc1F. The number of pyridine rings is 1. The first-order valence-corrected chi connectivity index (χ1v) is 6.80. The quantitative estimate of drug-likeness (QED) is 0.760. The molecule has 94 valence electrons. The number of rotatable bonds is 3. The molecule has 0 aliphatic carbocycles. The first kappa shape index (κ1) is 13.2. The van der Waals surface area contributed by atoms with Crippen LogP contribution in [0.4, 0.5) is 4.39 Å². The molecule has 3 heteroatoms. The molecule has 0 aliphatic heterocycles. The number of aromatic nitrogens is 1. The Bertz CT molecular complexity index is 554. The molecule has 0 saturated heterocycles. The van der Waals surface area contributed by atoms with Gasteiger partial charge in [-0.15, -0.1) is 0 Å². The number of nitrogens with zero attached hydrogens (tertiary/aromatic N) is 1. The van der Waals surface area contributed by atoms with Crippen LogP contribution in [0.1, 0.15) is 27.2 Å². The second-order valence-corrected chi connectivity index (χ2v) is 5.55. The molecular formula is C15H15BrFN. The lowest BCUT2D eigenvalue weighted by molar-refractivity contribution is 0.617. The van der Waals surface area contributed by atoms with Crippen molar-refractivity contribution in [2.75, 3.05) is 0 Å². The van der Waals surface area contributed by atoms with Gasteiger partial charge in [-0.1, -0.05) is 34.1 Å². The zero-order valence-electron chi connectivity index (χ0n) is 10.5. The highest BCUT2D eigenvalue weighted by Gasteiger charge is 2.12. The molecule has 0 fully saturated rings. The molecule has 0 bridgehead atoms. The van der Waals surface area contributed by atoms with E-state index in [1.165, 1.54) is 11.6 Å². The van der Waals surface area contributed by atoms with E-state index in [1.807, 2.05) is 18.2 Å². The molecular weight excluding hydrogens is 293 g/mol. The van der Waals surface area contributed by atoms with Crippen molar-refractivity contribution in [1.82, 2.24) is 4.98 Å². The molecule has 0 amide bonds. The third-order valence-corrected chi connectivity index (χ3v) is 3.89. The van der Waals surface area contributed by atoms with Crippen molar-refractivity contribution >= 4 is 15.9 Å². The van der Waals surface area contributed by atoms with Gasteiger partial charge in [0.25, 0.3) is 0 Å². The van der Waals surface area contributed by atoms with Crippen molar-refractivity contribution in [2.45, 2.75) is 25.1 Å². The summed E-state index contributed by atoms with van der Waals surface area (Å²) in [5.74, 6) is -0.160. The minimum atomic E-state index is -0.160. The van der Waals surface area contributed by atoms with E-state index in [0.29, 0.717) is 5.56 Å². The summed E-state index contributed by atoms with van der Waals surface area (Å²) in [6, 6.07) is 9.21. The highest BCUT2D eigenvalue weighted by atomic mass is 79.9. The molecule has 2 aromatic rings. The Morgan fingerprint density at radius 3 is 2.67 bits per heavy atom. The van der Waals surface area contributed by atoms with Crippen LogP contribution in [0.2, 0.25) is 0 Å². The van der Waals surface area contributed by atoms with Crippen LogP contribution in [0.5, 0.6) is 0 Å². The Labute approximate surface area is 115 Å². The predicted octanol–water partition coefficient (Wildman–Crippen LogP) is 4.52. The van der Waals surface area contributed by atoms with Crippen molar-refractivity contribution < 1.29 is 4.39 Å². The lowest BCUT2D eigenvalue weighted by Crippen LogP contribution is -2.00. The Morgan fingerprint density at radius 2 is 2.00 bits per heavy atom. The molecule has 0 saturated carbocycles. The monoisotopic (exact) mass is 307 g/mol. The minimum Gasteiger partial charge on any atom is -0.261 e. The second kappa shape index (κ2) is 5.61. The maximum Gasteiger partial charge on any atom is 0.126 e. The molecule has 1 aromatic carbocycles. The predicted molar refractivity (Wildman–Crippen MR) is 75.5 cm³/mol. The first-order valence-electron chi connectivity index (χ1n) is 5.88. The van der Waals surface area contributed by atoms with Crippen molar-refractivity contribution in [3.63, 3.8) is 0 Å². The van der Waals surface area contributed by atoms with Crippen LogP contribution in [0.15, 0.2) is 36.5 Å². The molecule has 18 heavy (non-hydrogen) atoms. The molecule has 1 heterocycles. The summed E-state index contributed by atoms with van der Waals surface area (Å²) in [5.41, 5.74) is 4.01. The normalized spacial score (nSPS) is 12.4. The fourth-order valence-electron chi connectivity index (χ4n) is 1.88. The average molecular weight is 308 g/mol. The van der Waals surface area contributed by atoms with E-state index >= 15 is 0 Å².